The Balaban J connectivity index is 1.69. The molecule has 2 heteroatoms. The first kappa shape index (κ1) is 11.7. The summed E-state index contributed by atoms with van der Waals surface area (Å²) in [6.07, 6.45) is 3.93. The number of rotatable bonds is 3. The Labute approximate surface area is 118 Å². The number of carbonyl (C=O) groups excluding carboxylic acids is 1. The second-order valence-electron chi connectivity index (χ2n) is 5.61. The smallest absolute Gasteiger partial charge is 0.171 e. The normalized spacial score (nSPS) is 15.5. The third-order valence-electron chi connectivity index (χ3n) is 4.29. The number of fused-ring (bicyclic) bond motifs is 2. The van der Waals surface area contributed by atoms with Crippen molar-refractivity contribution in [3.63, 3.8) is 0 Å². The molecule has 2 aliphatic rings. The Morgan fingerprint density at radius 1 is 1.05 bits per heavy atom. The molecule has 0 radical (unpaired) electrons. The molecule has 0 saturated carbocycles. The maximum atomic E-state index is 11.9. The van der Waals surface area contributed by atoms with Crippen molar-refractivity contribution >= 4 is 5.78 Å². The predicted molar refractivity (Wildman–Crippen MR) is 77.3 cm³/mol. The Hall–Kier alpha value is -2.09. The summed E-state index contributed by atoms with van der Waals surface area (Å²) in [5.74, 6) is 1.10. The summed E-state index contributed by atoms with van der Waals surface area (Å²) in [6, 6.07) is 12.3. The maximum absolute atomic E-state index is 11.9. The number of hydrogen-bond donors (Lipinski definition) is 0. The molecule has 2 aliphatic carbocycles. The highest BCUT2D eigenvalue weighted by molar-refractivity contribution is 6.09. The van der Waals surface area contributed by atoms with Gasteiger partial charge in [-0.15, -0.1) is 0 Å². The molecule has 0 atom stereocenters. The van der Waals surface area contributed by atoms with E-state index in [1.54, 1.807) is 0 Å². The molecule has 2 aromatic carbocycles. The lowest BCUT2D eigenvalue weighted by atomic mass is 9.83. The number of ketones is 1. The Kier molecular flexibility index (Phi) is 2.62. The summed E-state index contributed by atoms with van der Waals surface area (Å²) in [5, 5.41) is 0. The topological polar surface area (TPSA) is 26.3 Å². The molecular formula is C18H16O2. The van der Waals surface area contributed by atoms with Gasteiger partial charge in [-0.2, -0.15) is 0 Å². The highest BCUT2D eigenvalue weighted by Crippen LogP contribution is 2.41. The van der Waals surface area contributed by atoms with E-state index in [2.05, 4.69) is 18.2 Å². The molecule has 0 unspecified atom stereocenters. The van der Waals surface area contributed by atoms with Gasteiger partial charge in [0.25, 0.3) is 0 Å². The maximum Gasteiger partial charge on any atom is 0.171 e. The first-order chi connectivity index (χ1) is 9.83. The van der Waals surface area contributed by atoms with Crippen molar-refractivity contribution in [2.75, 3.05) is 0 Å². The number of hydrogen-bond acceptors (Lipinski definition) is 2. The minimum Gasteiger partial charge on any atom is -0.488 e. The number of Topliss-reactive ketones (excluding diaryl/α,β-unsaturated/α-hetero) is 1. The molecular weight excluding hydrogens is 248 g/mol. The fourth-order valence-electron chi connectivity index (χ4n) is 3.25. The van der Waals surface area contributed by atoms with E-state index in [0.717, 1.165) is 29.7 Å². The Morgan fingerprint density at radius 2 is 1.90 bits per heavy atom. The van der Waals surface area contributed by atoms with E-state index >= 15 is 0 Å². The molecule has 0 heterocycles. The van der Waals surface area contributed by atoms with E-state index in [-0.39, 0.29) is 5.78 Å². The third-order valence-corrected chi connectivity index (χ3v) is 4.29. The van der Waals surface area contributed by atoms with Gasteiger partial charge in [0.2, 0.25) is 0 Å². The first-order valence-electron chi connectivity index (χ1n) is 7.20. The van der Waals surface area contributed by atoms with Gasteiger partial charge in [0, 0.05) is 6.42 Å². The van der Waals surface area contributed by atoms with Gasteiger partial charge in [-0.05, 0) is 41.5 Å². The predicted octanol–water partition coefficient (Wildman–Crippen LogP) is 3.49. The fourth-order valence-corrected chi connectivity index (χ4v) is 3.25. The zero-order chi connectivity index (χ0) is 13.5. The van der Waals surface area contributed by atoms with Crippen molar-refractivity contribution in [2.45, 2.75) is 32.3 Å². The van der Waals surface area contributed by atoms with Gasteiger partial charge in [-0.25, -0.2) is 0 Å². The molecule has 0 amide bonds. The van der Waals surface area contributed by atoms with Gasteiger partial charge < -0.3 is 4.74 Å². The summed E-state index contributed by atoms with van der Waals surface area (Å²) in [5.41, 5.74) is 5.83. The highest BCUT2D eigenvalue weighted by atomic mass is 16.5. The van der Waals surface area contributed by atoms with Crippen LogP contribution in [0.2, 0.25) is 0 Å². The zero-order valence-electron chi connectivity index (χ0n) is 11.3. The van der Waals surface area contributed by atoms with Crippen LogP contribution in [-0.2, 0) is 25.9 Å². The van der Waals surface area contributed by atoms with Gasteiger partial charge >= 0.3 is 0 Å². The largest absolute Gasteiger partial charge is 0.488 e. The van der Waals surface area contributed by atoms with Crippen LogP contribution in [0.3, 0.4) is 0 Å². The fraction of sp³-hybridized carbons (Fsp3) is 0.278. The SMILES string of the molecule is O=C1Cc2cc3c(c(OCc4ccccc4)c21)CCC3. The first-order valence-corrected chi connectivity index (χ1v) is 7.20. The van der Waals surface area contributed by atoms with E-state index in [1.807, 2.05) is 18.2 Å². The van der Waals surface area contributed by atoms with E-state index in [1.165, 1.54) is 23.1 Å². The summed E-state index contributed by atoms with van der Waals surface area (Å²) >= 11 is 0. The Bertz CT molecular complexity index is 686. The van der Waals surface area contributed by atoms with E-state index in [9.17, 15) is 4.79 Å². The average Bonchev–Trinajstić information content (AvgIpc) is 2.93. The van der Waals surface area contributed by atoms with Crippen LogP contribution in [0.5, 0.6) is 5.75 Å². The summed E-state index contributed by atoms with van der Waals surface area (Å²) in [4.78, 5) is 11.9. The molecule has 0 N–H and O–H groups in total. The molecule has 0 aromatic heterocycles. The van der Waals surface area contributed by atoms with Crippen molar-refractivity contribution in [1.29, 1.82) is 0 Å². The number of carbonyl (C=O) groups is 1. The highest BCUT2D eigenvalue weighted by Gasteiger charge is 2.32. The van der Waals surface area contributed by atoms with Gasteiger partial charge in [-0.1, -0.05) is 36.4 Å². The number of aryl methyl sites for hydroxylation is 1. The van der Waals surface area contributed by atoms with Crippen molar-refractivity contribution < 1.29 is 9.53 Å². The Morgan fingerprint density at radius 3 is 2.70 bits per heavy atom. The quantitative estimate of drug-likeness (QED) is 0.848. The van der Waals surface area contributed by atoms with Crippen LogP contribution >= 0.6 is 0 Å². The minimum absolute atomic E-state index is 0.234. The van der Waals surface area contributed by atoms with E-state index in [4.69, 9.17) is 4.74 Å². The van der Waals surface area contributed by atoms with Crippen LogP contribution in [0.15, 0.2) is 36.4 Å². The molecule has 2 aromatic rings. The van der Waals surface area contributed by atoms with Crippen molar-refractivity contribution in [3.8, 4) is 5.75 Å². The van der Waals surface area contributed by atoms with E-state index < -0.39 is 0 Å². The third kappa shape index (κ3) is 1.75. The van der Waals surface area contributed by atoms with Gasteiger partial charge in [0.1, 0.15) is 12.4 Å². The van der Waals surface area contributed by atoms with Crippen molar-refractivity contribution in [1.82, 2.24) is 0 Å². The lowest BCUT2D eigenvalue weighted by molar-refractivity contribution is 0.0962. The molecule has 100 valence electrons. The molecule has 0 saturated heterocycles. The van der Waals surface area contributed by atoms with Gasteiger partial charge in [0.15, 0.2) is 5.78 Å². The van der Waals surface area contributed by atoms with Gasteiger partial charge in [-0.3, -0.25) is 4.79 Å². The molecule has 0 spiro atoms. The van der Waals surface area contributed by atoms with Crippen LogP contribution < -0.4 is 4.74 Å². The molecule has 20 heavy (non-hydrogen) atoms. The zero-order valence-corrected chi connectivity index (χ0v) is 11.3. The van der Waals surface area contributed by atoms with Crippen LogP contribution in [0.4, 0.5) is 0 Å². The molecule has 4 rings (SSSR count). The van der Waals surface area contributed by atoms with Crippen LogP contribution in [0.1, 0.15) is 39.0 Å². The van der Waals surface area contributed by atoms with Gasteiger partial charge in [0.05, 0.1) is 5.56 Å². The minimum atomic E-state index is 0.234. The summed E-state index contributed by atoms with van der Waals surface area (Å²) in [7, 11) is 0. The van der Waals surface area contributed by atoms with Crippen LogP contribution in [-0.4, -0.2) is 5.78 Å². The van der Waals surface area contributed by atoms with E-state index in [0.29, 0.717) is 13.0 Å². The second kappa shape index (κ2) is 4.48. The van der Waals surface area contributed by atoms with Crippen LogP contribution in [0, 0.1) is 0 Å². The number of benzene rings is 2. The van der Waals surface area contributed by atoms with Crippen molar-refractivity contribution in [2.24, 2.45) is 0 Å². The van der Waals surface area contributed by atoms with Crippen LogP contribution in [0.25, 0.3) is 0 Å². The monoisotopic (exact) mass is 264 g/mol. The standard InChI is InChI=1S/C18H16O2/c19-16-10-14-9-13-7-4-8-15(13)18(17(14)16)20-11-12-5-2-1-3-6-12/h1-3,5-6,9H,4,7-8,10-11H2. The summed E-state index contributed by atoms with van der Waals surface area (Å²) in [6.45, 7) is 0.539. The second-order valence-corrected chi connectivity index (χ2v) is 5.61. The lowest BCUT2D eigenvalue weighted by Crippen LogP contribution is -2.21. The summed E-state index contributed by atoms with van der Waals surface area (Å²) < 4.78 is 6.05. The molecule has 0 fully saturated rings. The average molecular weight is 264 g/mol. The number of ether oxygens (including phenoxy) is 1. The van der Waals surface area contributed by atoms with Crippen molar-refractivity contribution in [3.05, 3.63) is 64.2 Å². The lowest BCUT2D eigenvalue weighted by Gasteiger charge is -2.24. The molecule has 0 aliphatic heterocycles. The molecule has 0 bridgehead atoms. The molecule has 2 nitrogen and oxygen atoms in total.